The number of likely N-dealkylation sites (tertiary alicyclic amines) is 1. The van der Waals surface area contributed by atoms with Gasteiger partial charge in [0.2, 0.25) is 0 Å². The summed E-state index contributed by atoms with van der Waals surface area (Å²) >= 11 is 0. The molecule has 0 aliphatic carbocycles. The topological polar surface area (TPSA) is 32.3 Å². The Morgan fingerprint density at radius 1 is 1.15 bits per heavy atom. The van der Waals surface area contributed by atoms with E-state index in [2.05, 4.69) is 10.2 Å². The fourth-order valence-electron chi connectivity index (χ4n) is 2.76. The van der Waals surface area contributed by atoms with Crippen molar-refractivity contribution in [2.24, 2.45) is 0 Å². The third-order valence-electron chi connectivity index (χ3n) is 4.05. The van der Waals surface area contributed by atoms with Gasteiger partial charge in [0, 0.05) is 18.7 Å². The second kappa shape index (κ2) is 7.44. The first-order valence-electron chi connectivity index (χ1n) is 7.74. The van der Waals surface area contributed by atoms with E-state index in [-0.39, 0.29) is 5.91 Å². The molecule has 0 unspecified atom stereocenters. The lowest BCUT2D eigenvalue weighted by Gasteiger charge is -2.19. The van der Waals surface area contributed by atoms with Gasteiger partial charge in [-0.25, -0.2) is 0 Å². The molecule has 1 aromatic carbocycles. The molecule has 1 aromatic rings. The Hall–Kier alpha value is -1.35. The first-order valence-corrected chi connectivity index (χ1v) is 7.74. The van der Waals surface area contributed by atoms with Crippen molar-refractivity contribution in [3.63, 3.8) is 0 Å². The number of aryl methyl sites for hydroxylation is 2. The van der Waals surface area contributed by atoms with Gasteiger partial charge in [0.1, 0.15) is 0 Å². The summed E-state index contributed by atoms with van der Waals surface area (Å²) in [6.07, 6.45) is 5.30. The second-order valence-corrected chi connectivity index (χ2v) is 5.83. The van der Waals surface area contributed by atoms with E-state index in [1.165, 1.54) is 38.8 Å². The van der Waals surface area contributed by atoms with Gasteiger partial charge in [-0.05, 0) is 51.4 Å². The van der Waals surface area contributed by atoms with E-state index >= 15 is 0 Å². The Labute approximate surface area is 122 Å². The third-order valence-corrected chi connectivity index (χ3v) is 4.05. The first kappa shape index (κ1) is 15.0. The summed E-state index contributed by atoms with van der Waals surface area (Å²) in [5.74, 6) is 0.0565. The standard InChI is InChI=1S/C17H26N2O/c1-14-7-8-15(2)16(13-14)17(20)18-9-12-19-10-5-3-4-6-11-19/h7-8,13H,3-6,9-12H2,1-2H3,(H,18,20). The molecule has 0 atom stereocenters. The molecular weight excluding hydrogens is 248 g/mol. The molecule has 1 N–H and O–H groups in total. The molecule has 1 saturated heterocycles. The molecule has 0 aromatic heterocycles. The normalized spacial score (nSPS) is 16.7. The number of benzene rings is 1. The Morgan fingerprint density at radius 3 is 2.55 bits per heavy atom. The predicted octanol–water partition coefficient (Wildman–Crippen LogP) is 2.91. The Bertz CT molecular complexity index is 448. The number of hydrogen-bond donors (Lipinski definition) is 1. The molecule has 110 valence electrons. The molecule has 0 bridgehead atoms. The molecule has 1 fully saturated rings. The van der Waals surface area contributed by atoms with Crippen molar-refractivity contribution in [1.82, 2.24) is 10.2 Å². The number of carbonyl (C=O) groups excluding carboxylic acids is 1. The quantitative estimate of drug-likeness (QED) is 0.915. The summed E-state index contributed by atoms with van der Waals surface area (Å²) in [4.78, 5) is 14.7. The molecule has 0 radical (unpaired) electrons. The Kier molecular flexibility index (Phi) is 5.60. The number of nitrogens with one attached hydrogen (secondary N) is 1. The van der Waals surface area contributed by atoms with Crippen LogP contribution in [0.4, 0.5) is 0 Å². The van der Waals surface area contributed by atoms with Gasteiger partial charge in [-0.15, -0.1) is 0 Å². The van der Waals surface area contributed by atoms with E-state index in [9.17, 15) is 4.79 Å². The fourth-order valence-corrected chi connectivity index (χ4v) is 2.76. The minimum absolute atomic E-state index is 0.0565. The smallest absolute Gasteiger partial charge is 0.251 e. The van der Waals surface area contributed by atoms with Gasteiger partial charge in [0.25, 0.3) is 5.91 Å². The van der Waals surface area contributed by atoms with Crippen molar-refractivity contribution < 1.29 is 4.79 Å². The van der Waals surface area contributed by atoms with Crippen LogP contribution in [0, 0.1) is 13.8 Å². The molecule has 1 aliphatic heterocycles. The molecule has 2 rings (SSSR count). The molecule has 1 heterocycles. The molecule has 3 nitrogen and oxygen atoms in total. The second-order valence-electron chi connectivity index (χ2n) is 5.83. The van der Waals surface area contributed by atoms with Gasteiger partial charge in [-0.3, -0.25) is 4.79 Å². The van der Waals surface area contributed by atoms with Crippen LogP contribution in [0.25, 0.3) is 0 Å². The van der Waals surface area contributed by atoms with Crippen LogP contribution in [-0.4, -0.2) is 37.0 Å². The van der Waals surface area contributed by atoms with Crippen molar-refractivity contribution in [2.45, 2.75) is 39.5 Å². The highest BCUT2D eigenvalue weighted by molar-refractivity contribution is 5.95. The summed E-state index contributed by atoms with van der Waals surface area (Å²) in [7, 11) is 0. The lowest BCUT2D eigenvalue weighted by atomic mass is 10.1. The molecule has 0 spiro atoms. The van der Waals surface area contributed by atoms with Crippen LogP contribution in [0.3, 0.4) is 0 Å². The maximum atomic E-state index is 12.2. The molecular formula is C17H26N2O. The molecule has 1 aliphatic rings. The predicted molar refractivity (Wildman–Crippen MR) is 83.2 cm³/mol. The van der Waals surface area contributed by atoms with E-state index in [4.69, 9.17) is 0 Å². The average molecular weight is 274 g/mol. The number of rotatable bonds is 4. The summed E-state index contributed by atoms with van der Waals surface area (Å²) < 4.78 is 0. The van der Waals surface area contributed by atoms with Gasteiger partial charge in [0.05, 0.1) is 0 Å². The number of hydrogen-bond acceptors (Lipinski definition) is 2. The maximum Gasteiger partial charge on any atom is 0.251 e. The lowest BCUT2D eigenvalue weighted by molar-refractivity contribution is 0.0948. The summed E-state index contributed by atoms with van der Waals surface area (Å²) in [6, 6.07) is 6.03. The maximum absolute atomic E-state index is 12.2. The fraction of sp³-hybridized carbons (Fsp3) is 0.588. The van der Waals surface area contributed by atoms with Crippen LogP contribution >= 0.6 is 0 Å². The molecule has 3 heteroatoms. The zero-order valence-electron chi connectivity index (χ0n) is 12.7. The molecule has 0 saturated carbocycles. The van der Waals surface area contributed by atoms with E-state index in [1.807, 2.05) is 32.0 Å². The van der Waals surface area contributed by atoms with E-state index < -0.39 is 0 Å². The van der Waals surface area contributed by atoms with Crippen LogP contribution in [0.2, 0.25) is 0 Å². The SMILES string of the molecule is Cc1ccc(C)c(C(=O)NCCN2CCCCCC2)c1. The van der Waals surface area contributed by atoms with E-state index in [0.29, 0.717) is 0 Å². The summed E-state index contributed by atoms with van der Waals surface area (Å²) in [6.45, 7) is 8.08. The van der Waals surface area contributed by atoms with Crippen molar-refractivity contribution in [3.05, 3.63) is 34.9 Å². The van der Waals surface area contributed by atoms with Crippen LogP contribution in [0.15, 0.2) is 18.2 Å². The van der Waals surface area contributed by atoms with Gasteiger partial charge < -0.3 is 10.2 Å². The minimum Gasteiger partial charge on any atom is -0.351 e. The van der Waals surface area contributed by atoms with Crippen molar-refractivity contribution in [2.75, 3.05) is 26.2 Å². The number of carbonyl (C=O) groups is 1. The van der Waals surface area contributed by atoms with Crippen molar-refractivity contribution in [1.29, 1.82) is 0 Å². The largest absolute Gasteiger partial charge is 0.351 e. The van der Waals surface area contributed by atoms with E-state index in [0.717, 1.165) is 29.8 Å². The van der Waals surface area contributed by atoms with Crippen molar-refractivity contribution >= 4 is 5.91 Å². The Balaban J connectivity index is 1.81. The minimum atomic E-state index is 0.0565. The zero-order chi connectivity index (χ0) is 14.4. The molecule has 1 amide bonds. The monoisotopic (exact) mass is 274 g/mol. The number of amides is 1. The zero-order valence-corrected chi connectivity index (χ0v) is 12.7. The van der Waals surface area contributed by atoms with Gasteiger partial charge >= 0.3 is 0 Å². The van der Waals surface area contributed by atoms with Crippen molar-refractivity contribution in [3.8, 4) is 0 Å². The summed E-state index contributed by atoms with van der Waals surface area (Å²) in [5.41, 5.74) is 2.98. The third kappa shape index (κ3) is 4.34. The highest BCUT2D eigenvalue weighted by atomic mass is 16.1. The van der Waals surface area contributed by atoms with Crippen LogP contribution in [0.5, 0.6) is 0 Å². The van der Waals surface area contributed by atoms with Crippen LogP contribution in [-0.2, 0) is 0 Å². The first-order chi connectivity index (χ1) is 9.66. The average Bonchev–Trinajstić information content (AvgIpc) is 2.70. The lowest BCUT2D eigenvalue weighted by Crippen LogP contribution is -2.35. The highest BCUT2D eigenvalue weighted by Gasteiger charge is 2.11. The van der Waals surface area contributed by atoms with E-state index in [1.54, 1.807) is 0 Å². The molecule has 20 heavy (non-hydrogen) atoms. The van der Waals surface area contributed by atoms with Gasteiger partial charge in [-0.2, -0.15) is 0 Å². The van der Waals surface area contributed by atoms with Crippen LogP contribution in [0.1, 0.15) is 47.2 Å². The van der Waals surface area contributed by atoms with Gasteiger partial charge in [-0.1, -0.05) is 30.5 Å². The van der Waals surface area contributed by atoms with Gasteiger partial charge in [0.15, 0.2) is 0 Å². The Morgan fingerprint density at radius 2 is 1.85 bits per heavy atom. The highest BCUT2D eigenvalue weighted by Crippen LogP contribution is 2.11. The summed E-state index contributed by atoms with van der Waals surface area (Å²) in [5, 5.41) is 3.05. The van der Waals surface area contributed by atoms with Crippen LogP contribution < -0.4 is 5.32 Å². The number of nitrogens with zero attached hydrogens (tertiary/aromatic N) is 1.